The van der Waals surface area contributed by atoms with Crippen molar-refractivity contribution in [3.63, 3.8) is 0 Å². The lowest BCUT2D eigenvalue weighted by Gasteiger charge is -2.16. The highest BCUT2D eigenvalue weighted by Gasteiger charge is 2.37. The summed E-state index contributed by atoms with van der Waals surface area (Å²) in [6, 6.07) is 4.74. The topological polar surface area (TPSA) is 63.4 Å². The second-order valence-electron chi connectivity index (χ2n) is 3.88. The first-order valence-corrected chi connectivity index (χ1v) is 5.30. The fourth-order valence-electron chi connectivity index (χ4n) is 1.75. The normalized spacial score (nSPS) is 20.6. The summed E-state index contributed by atoms with van der Waals surface area (Å²) in [5.41, 5.74) is 6.49. The van der Waals surface area contributed by atoms with E-state index in [1.54, 1.807) is 19.1 Å². The summed E-state index contributed by atoms with van der Waals surface area (Å²) < 4.78 is 0. The van der Waals surface area contributed by atoms with Crippen LogP contribution in [-0.2, 0) is 9.59 Å². The number of imide groups is 1. The van der Waals surface area contributed by atoms with Gasteiger partial charge in [-0.25, -0.2) is 4.90 Å². The van der Waals surface area contributed by atoms with Crippen molar-refractivity contribution in [2.75, 3.05) is 10.6 Å². The zero-order valence-corrected chi connectivity index (χ0v) is 9.49. The van der Waals surface area contributed by atoms with Gasteiger partial charge in [-0.05, 0) is 18.2 Å². The Morgan fingerprint density at radius 2 is 2.12 bits per heavy atom. The van der Waals surface area contributed by atoms with Gasteiger partial charge >= 0.3 is 0 Å². The van der Waals surface area contributed by atoms with Crippen LogP contribution in [0.25, 0.3) is 0 Å². The molecule has 1 aromatic rings. The maximum atomic E-state index is 11.8. The third-order valence-corrected chi connectivity index (χ3v) is 2.84. The molecule has 1 heterocycles. The molecule has 1 fully saturated rings. The number of nitrogens with zero attached hydrogens (tertiary/aromatic N) is 1. The zero-order chi connectivity index (χ0) is 11.9. The standard InChI is InChI=1S/C11H11ClN2O2/c1-6-4-10(15)14(11(6)16)9-5-7(12)2-3-8(9)13/h2-3,5-6H,4,13H2,1H3. The average molecular weight is 239 g/mol. The Balaban J connectivity index is 2.48. The number of carbonyl (C=O) groups is 2. The predicted octanol–water partition coefficient (Wildman–Crippen LogP) is 1.82. The van der Waals surface area contributed by atoms with E-state index in [1.807, 2.05) is 0 Å². The number of nitrogen functional groups attached to an aromatic ring is 1. The van der Waals surface area contributed by atoms with E-state index in [0.717, 1.165) is 4.90 Å². The Kier molecular flexibility index (Phi) is 2.59. The fraction of sp³-hybridized carbons (Fsp3) is 0.273. The Bertz CT molecular complexity index is 473. The van der Waals surface area contributed by atoms with Crippen LogP contribution < -0.4 is 10.6 Å². The number of halogens is 1. The Morgan fingerprint density at radius 1 is 1.44 bits per heavy atom. The monoisotopic (exact) mass is 238 g/mol. The molecule has 0 saturated carbocycles. The highest BCUT2D eigenvalue weighted by Crippen LogP contribution is 2.32. The summed E-state index contributed by atoms with van der Waals surface area (Å²) in [7, 11) is 0. The van der Waals surface area contributed by atoms with Gasteiger partial charge in [0, 0.05) is 17.4 Å². The first kappa shape index (κ1) is 11.0. The molecule has 2 N–H and O–H groups in total. The second kappa shape index (κ2) is 3.79. The van der Waals surface area contributed by atoms with Gasteiger partial charge in [-0.2, -0.15) is 0 Å². The molecule has 1 saturated heterocycles. The highest BCUT2D eigenvalue weighted by molar-refractivity contribution is 6.31. The van der Waals surface area contributed by atoms with Gasteiger partial charge in [0.15, 0.2) is 0 Å². The van der Waals surface area contributed by atoms with Crippen LogP contribution in [0.3, 0.4) is 0 Å². The van der Waals surface area contributed by atoms with Gasteiger partial charge < -0.3 is 5.73 Å². The van der Waals surface area contributed by atoms with Gasteiger partial charge in [-0.15, -0.1) is 0 Å². The molecule has 2 rings (SSSR count). The van der Waals surface area contributed by atoms with Gasteiger partial charge in [0.25, 0.3) is 0 Å². The lowest BCUT2D eigenvalue weighted by atomic mass is 10.1. The molecular formula is C11H11ClN2O2. The van der Waals surface area contributed by atoms with Crippen LogP contribution in [-0.4, -0.2) is 11.8 Å². The van der Waals surface area contributed by atoms with Crippen molar-refractivity contribution in [1.82, 2.24) is 0 Å². The van der Waals surface area contributed by atoms with E-state index in [4.69, 9.17) is 17.3 Å². The van der Waals surface area contributed by atoms with Crippen LogP contribution in [0.5, 0.6) is 0 Å². The second-order valence-corrected chi connectivity index (χ2v) is 4.31. The van der Waals surface area contributed by atoms with Gasteiger partial charge in [-0.3, -0.25) is 9.59 Å². The minimum absolute atomic E-state index is 0.223. The smallest absolute Gasteiger partial charge is 0.237 e. The number of hydrogen-bond donors (Lipinski definition) is 1. The van der Waals surface area contributed by atoms with Crippen molar-refractivity contribution in [2.24, 2.45) is 5.92 Å². The maximum absolute atomic E-state index is 11.8. The first-order valence-electron chi connectivity index (χ1n) is 4.92. The highest BCUT2D eigenvalue weighted by atomic mass is 35.5. The van der Waals surface area contributed by atoms with Crippen molar-refractivity contribution >= 4 is 34.8 Å². The Morgan fingerprint density at radius 3 is 2.69 bits per heavy atom. The molecule has 1 atom stereocenters. The van der Waals surface area contributed by atoms with Crippen molar-refractivity contribution in [3.05, 3.63) is 23.2 Å². The van der Waals surface area contributed by atoms with E-state index < -0.39 is 0 Å². The van der Waals surface area contributed by atoms with Gasteiger partial charge in [0.1, 0.15) is 0 Å². The third-order valence-electron chi connectivity index (χ3n) is 2.61. The van der Waals surface area contributed by atoms with Crippen molar-refractivity contribution < 1.29 is 9.59 Å². The van der Waals surface area contributed by atoms with E-state index in [1.165, 1.54) is 6.07 Å². The predicted molar refractivity (Wildman–Crippen MR) is 62.1 cm³/mol. The van der Waals surface area contributed by atoms with Crippen molar-refractivity contribution in [3.8, 4) is 0 Å². The average Bonchev–Trinajstić information content (AvgIpc) is 2.46. The number of rotatable bonds is 1. The van der Waals surface area contributed by atoms with Crippen molar-refractivity contribution in [2.45, 2.75) is 13.3 Å². The molecule has 0 bridgehead atoms. The molecule has 1 aliphatic heterocycles. The molecule has 4 nitrogen and oxygen atoms in total. The number of hydrogen-bond acceptors (Lipinski definition) is 3. The molecule has 16 heavy (non-hydrogen) atoms. The van der Waals surface area contributed by atoms with Crippen LogP contribution in [0, 0.1) is 5.92 Å². The van der Waals surface area contributed by atoms with Gasteiger partial charge in [0.05, 0.1) is 11.4 Å². The molecule has 2 amide bonds. The lowest BCUT2D eigenvalue weighted by molar-refractivity contribution is -0.122. The Hall–Kier alpha value is -1.55. The molecular weight excluding hydrogens is 228 g/mol. The molecule has 5 heteroatoms. The summed E-state index contributed by atoms with van der Waals surface area (Å²) in [6.45, 7) is 1.72. The molecule has 0 aliphatic carbocycles. The molecule has 0 aromatic heterocycles. The zero-order valence-electron chi connectivity index (χ0n) is 8.74. The van der Waals surface area contributed by atoms with Crippen LogP contribution >= 0.6 is 11.6 Å². The first-order chi connectivity index (χ1) is 7.50. The minimum atomic E-state index is -0.286. The number of nitrogens with two attached hydrogens (primary N) is 1. The minimum Gasteiger partial charge on any atom is -0.397 e. The number of carbonyl (C=O) groups excluding carboxylic acids is 2. The van der Waals surface area contributed by atoms with Crippen LogP contribution in [0.1, 0.15) is 13.3 Å². The fourth-order valence-corrected chi connectivity index (χ4v) is 1.91. The summed E-state index contributed by atoms with van der Waals surface area (Å²) in [5.74, 6) is -0.740. The largest absolute Gasteiger partial charge is 0.397 e. The van der Waals surface area contributed by atoms with Gasteiger partial charge in [-0.1, -0.05) is 18.5 Å². The quantitative estimate of drug-likeness (QED) is 0.600. The van der Waals surface area contributed by atoms with Crippen LogP contribution in [0.2, 0.25) is 5.02 Å². The maximum Gasteiger partial charge on any atom is 0.237 e. The van der Waals surface area contributed by atoms with E-state index >= 15 is 0 Å². The molecule has 1 unspecified atom stereocenters. The van der Waals surface area contributed by atoms with E-state index in [9.17, 15) is 9.59 Å². The van der Waals surface area contributed by atoms with E-state index in [2.05, 4.69) is 0 Å². The van der Waals surface area contributed by atoms with Crippen molar-refractivity contribution in [1.29, 1.82) is 0 Å². The summed E-state index contributed by atoms with van der Waals surface area (Å²) in [5, 5.41) is 0.448. The molecule has 1 aliphatic rings. The number of anilines is 2. The summed E-state index contributed by atoms with van der Waals surface area (Å²) >= 11 is 5.82. The SMILES string of the molecule is CC1CC(=O)N(c2cc(Cl)ccc2N)C1=O. The molecule has 0 spiro atoms. The number of amides is 2. The van der Waals surface area contributed by atoms with E-state index in [0.29, 0.717) is 16.4 Å². The summed E-state index contributed by atoms with van der Waals surface area (Å²) in [4.78, 5) is 24.6. The van der Waals surface area contributed by atoms with Gasteiger partial charge in [0.2, 0.25) is 11.8 Å². The van der Waals surface area contributed by atoms with Crippen LogP contribution in [0.4, 0.5) is 11.4 Å². The Labute approximate surface area is 98.0 Å². The van der Waals surface area contributed by atoms with E-state index in [-0.39, 0.29) is 24.2 Å². The lowest BCUT2D eigenvalue weighted by Crippen LogP contribution is -2.30. The molecule has 84 valence electrons. The molecule has 1 aromatic carbocycles. The third kappa shape index (κ3) is 1.65. The molecule has 0 radical (unpaired) electrons. The van der Waals surface area contributed by atoms with Crippen LogP contribution in [0.15, 0.2) is 18.2 Å². The number of benzene rings is 1. The summed E-state index contributed by atoms with van der Waals surface area (Å²) in [6.07, 6.45) is 0.227.